The Balaban J connectivity index is 1.93. The summed E-state index contributed by atoms with van der Waals surface area (Å²) in [6.45, 7) is 8.08. The van der Waals surface area contributed by atoms with E-state index in [0.717, 1.165) is 25.3 Å². The van der Waals surface area contributed by atoms with E-state index in [1.807, 2.05) is 0 Å². The van der Waals surface area contributed by atoms with Crippen molar-refractivity contribution in [2.45, 2.75) is 77.2 Å². The molecule has 1 saturated carbocycles. The summed E-state index contributed by atoms with van der Waals surface area (Å²) in [5.74, 6) is 1.45. The maximum Gasteiger partial charge on any atom is 0.0688 e. The number of hydrogen-bond acceptors (Lipinski definition) is 2. The van der Waals surface area contributed by atoms with E-state index in [-0.39, 0.29) is 5.60 Å². The zero-order valence-electron chi connectivity index (χ0n) is 13.0. The van der Waals surface area contributed by atoms with Gasteiger partial charge in [0.1, 0.15) is 0 Å². The van der Waals surface area contributed by atoms with Gasteiger partial charge in [-0.3, -0.25) is 0 Å². The normalized spacial score (nSPS) is 38.1. The average molecular weight is 267 g/mol. The van der Waals surface area contributed by atoms with Crippen LogP contribution in [0.4, 0.5) is 0 Å². The number of nitrogens with zero attached hydrogens (tertiary/aromatic N) is 1. The standard InChI is InChI=1S/C17H33NO/c1-3-11-18-12-6-9-17(19,10-13-18)16-8-5-7-15(4-2)14-16/h15-16,19H,3-14H2,1-2H3. The molecule has 1 aliphatic carbocycles. The van der Waals surface area contributed by atoms with Crippen molar-refractivity contribution in [1.29, 1.82) is 0 Å². The van der Waals surface area contributed by atoms with Crippen molar-refractivity contribution >= 4 is 0 Å². The Kier molecular flexibility index (Phi) is 5.70. The second kappa shape index (κ2) is 7.08. The van der Waals surface area contributed by atoms with Gasteiger partial charge in [-0.05, 0) is 63.5 Å². The quantitative estimate of drug-likeness (QED) is 0.837. The molecule has 19 heavy (non-hydrogen) atoms. The summed E-state index contributed by atoms with van der Waals surface area (Å²) in [5.41, 5.74) is -0.351. The third-order valence-corrected chi connectivity index (χ3v) is 5.60. The highest BCUT2D eigenvalue weighted by Gasteiger charge is 2.39. The molecule has 1 N–H and O–H groups in total. The fourth-order valence-electron chi connectivity index (χ4n) is 4.30. The molecule has 1 heterocycles. The third kappa shape index (κ3) is 3.95. The minimum absolute atomic E-state index is 0.351. The summed E-state index contributed by atoms with van der Waals surface area (Å²) in [5, 5.41) is 11.1. The molecule has 2 rings (SSSR count). The molecule has 2 nitrogen and oxygen atoms in total. The first kappa shape index (κ1) is 15.3. The maximum absolute atomic E-state index is 11.1. The van der Waals surface area contributed by atoms with Crippen LogP contribution in [0.15, 0.2) is 0 Å². The summed E-state index contributed by atoms with van der Waals surface area (Å²) in [7, 11) is 0. The van der Waals surface area contributed by atoms with Gasteiger partial charge >= 0.3 is 0 Å². The molecule has 1 saturated heterocycles. The van der Waals surface area contributed by atoms with Crippen LogP contribution in [0.25, 0.3) is 0 Å². The van der Waals surface area contributed by atoms with E-state index < -0.39 is 0 Å². The van der Waals surface area contributed by atoms with Crippen molar-refractivity contribution in [3.05, 3.63) is 0 Å². The Labute approximate surface area is 119 Å². The lowest BCUT2D eigenvalue weighted by Gasteiger charge is -2.40. The van der Waals surface area contributed by atoms with Crippen molar-refractivity contribution in [3.63, 3.8) is 0 Å². The summed E-state index contributed by atoms with van der Waals surface area (Å²) in [4.78, 5) is 2.55. The van der Waals surface area contributed by atoms with Crippen molar-refractivity contribution < 1.29 is 5.11 Å². The Hall–Kier alpha value is -0.0800. The number of likely N-dealkylation sites (tertiary alicyclic amines) is 1. The monoisotopic (exact) mass is 267 g/mol. The van der Waals surface area contributed by atoms with Gasteiger partial charge in [0.05, 0.1) is 5.60 Å². The van der Waals surface area contributed by atoms with Crippen molar-refractivity contribution in [2.75, 3.05) is 19.6 Å². The Morgan fingerprint density at radius 2 is 1.95 bits per heavy atom. The van der Waals surface area contributed by atoms with Crippen molar-refractivity contribution in [3.8, 4) is 0 Å². The van der Waals surface area contributed by atoms with Crippen LogP contribution >= 0.6 is 0 Å². The van der Waals surface area contributed by atoms with E-state index in [1.165, 1.54) is 58.0 Å². The largest absolute Gasteiger partial charge is 0.390 e. The molecule has 112 valence electrons. The van der Waals surface area contributed by atoms with Crippen molar-refractivity contribution in [2.24, 2.45) is 11.8 Å². The van der Waals surface area contributed by atoms with Gasteiger partial charge in [0.15, 0.2) is 0 Å². The average Bonchev–Trinajstić information content (AvgIpc) is 2.63. The van der Waals surface area contributed by atoms with Gasteiger partial charge < -0.3 is 10.0 Å². The van der Waals surface area contributed by atoms with Crippen LogP contribution in [-0.2, 0) is 0 Å². The highest BCUT2D eigenvalue weighted by Crippen LogP contribution is 2.41. The van der Waals surface area contributed by atoms with Crippen LogP contribution < -0.4 is 0 Å². The minimum Gasteiger partial charge on any atom is -0.390 e. The smallest absolute Gasteiger partial charge is 0.0688 e. The number of rotatable bonds is 4. The Bertz CT molecular complexity index is 268. The van der Waals surface area contributed by atoms with Gasteiger partial charge in [0.2, 0.25) is 0 Å². The second-order valence-corrected chi connectivity index (χ2v) is 6.94. The number of hydrogen-bond donors (Lipinski definition) is 1. The molecule has 0 aromatic carbocycles. The predicted octanol–water partition coefficient (Wildman–Crippen LogP) is 3.83. The molecule has 0 amide bonds. The molecule has 0 aromatic rings. The highest BCUT2D eigenvalue weighted by atomic mass is 16.3. The van der Waals surface area contributed by atoms with Gasteiger partial charge in [0.25, 0.3) is 0 Å². The second-order valence-electron chi connectivity index (χ2n) is 6.94. The Morgan fingerprint density at radius 3 is 2.68 bits per heavy atom. The zero-order chi connectivity index (χ0) is 13.7. The lowest BCUT2D eigenvalue weighted by Crippen LogP contribution is -2.41. The van der Waals surface area contributed by atoms with Crippen LogP contribution in [0.5, 0.6) is 0 Å². The van der Waals surface area contributed by atoms with E-state index in [9.17, 15) is 5.11 Å². The molecular weight excluding hydrogens is 234 g/mol. The van der Waals surface area contributed by atoms with Gasteiger partial charge in [0, 0.05) is 6.54 Å². The predicted molar refractivity (Wildman–Crippen MR) is 81.3 cm³/mol. The first-order valence-electron chi connectivity index (χ1n) is 8.62. The third-order valence-electron chi connectivity index (χ3n) is 5.60. The lowest BCUT2D eigenvalue weighted by molar-refractivity contribution is -0.0525. The highest BCUT2D eigenvalue weighted by molar-refractivity contribution is 4.92. The van der Waals surface area contributed by atoms with Crippen LogP contribution in [0.1, 0.15) is 71.6 Å². The SMILES string of the molecule is CCCN1CCCC(O)(C2CCCC(CC)C2)CC1. The van der Waals surface area contributed by atoms with E-state index >= 15 is 0 Å². The van der Waals surface area contributed by atoms with E-state index in [1.54, 1.807) is 0 Å². The first-order chi connectivity index (χ1) is 9.18. The summed E-state index contributed by atoms with van der Waals surface area (Å²) in [6, 6.07) is 0. The van der Waals surface area contributed by atoms with Crippen LogP contribution in [-0.4, -0.2) is 35.2 Å². The number of aliphatic hydroxyl groups is 1. The minimum atomic E-state index is -0.351. The maximum atomic E-state index is 11.1. The molecule has 3 unspecified atom stereocenters. The fourth-order valence-corrected chi connectivity index (χ4v) is 4.30. The molecule has 0 bridgehead atoms. The summed E-state index contributed by atoms with van der Waals surface area (Å²) in [6.07, 6.45) is 11.0. The molecule has 2 heteroatoms. The Morgan fingerprint density at radius 1 is 1.11 bits per heavy atom. The van der Waals surface area contributed by atoms with Crippen molar-refractivity contribution in [1.82, 2.24) is 4.90 Å². The van der Waals surface area contributed by atoms with Crippen LogP contribution in [0, 0.1) is 11.8 Å². The van der Waals surface area contributed by atoms with Gasteiger partial charge in [-0.2, -0.15) is 0 Å². The molecule has 1 aliphatic heterocycles. The molecule has 0 aromatic heterocycles. The molecule has 2 aliphatic rings. The van der Waals surface area contributed by atoms with E-state index in [2.05, 4.69) is 18.7 Å². The van der Waals surface area contributed by atoms with Gasteiger partial charge in [-0.1, -0.05) is 33.1 Å². The molecule has 2 fully saturated rings. The van der Waals surface area contributed by atoms with Crippen LogP contribution in [0.2, 0.25) is 0 Å². The lowest BCUT2D eigenvalue weighted by atomic mass is 9.69. The topological polar surface area (TPSA) is 23.5 Å². The van der Waals surface area contributed by atoms with E-state index in [4.69, 9.17) is 0 Å². The van der Waals surface area contributed by atoms with Gasteiger partial charge in [-0.15, -0.1) is 0 Å². The van der Waals surface area contributed by atoms with Gasteiger partial charge in [-0.25, -0.2) is 0 Å². The molecule has 0 radical (unpaired) electrons. The molecule has 3 atom stereocenters. The molecular formula is C17H33NO. The summed E-state index contributed by atoms with van der Waals surface area (Å²) < 4.78 is 0. The van der Waals surface area contributed by atoms with Crippen LogP contribution in [0.3, 0.4) is 0 Å². The molecule has 0 spiro atoms. The zero-order valence-corrected chi connectivity index (χ0v) is 13.0. The first-order valence-corrected chi connectivity index (χ1v) is 8.62. The fraction of sp³-hybridized carbons (Fsp3) is 1.00. The summed E-state index contributed by atoms with van der Waals surface area (Å²) >= 11 is 0. The van der Waals surface area contributed by atoms with E-state index in [0.29, 0.717) is 5.92 Å².